The molecule has 0 unspecified atom stereocenters. The first-order valence-electron chi connectivity index (χ1n) is 10.4. The number of hydrogen-bond donors (Lipinski definition) is 0. The molecule has 2 aromatic rings. The van der Waals surface area contributed by atoms with E-state index in [1.807, 2.05) is 20.8 Å². The van der Waals surface area contributed by atoms with Gasteiger partial charge in [0.1, 0.15) is 6.10 Å². The molecule has 1 atom stereocenters. The number of rotatable bonds is 6. The zero-order valence-corrected chi connectivity index (χ0v) is 19.1. The van der Waals surface area contributed by atoms with Crippen LogP contribution in [0.25, 0.3) is 11.3 Å². The third-order valence-corrected chi connectivity index (χ3v) is 6.44. The van der Waals surface area contributed by atoms with E-state index in [9.17, 15) is 13.2 Å². The Morgan fingerprint density at radius 1 is 1.06 bits per heavy atom. The summed E-state index contributed by atoms with van der Waals surface area (Å²) in [5, 5.41) is 0. The van der Waals surface area contributed by atoms with E-state index >= 15 is 0 Å². The number of hydrogen-bond acceptors (Lipinski definition) is 7. The van der Waals surface area contributed by atoms with Crippen molar-refractivity contribution in [2.24, 2.45) is 5.92 Å². The molecule has 9 heteroatoms. The number of ether oxygens (including phenoxy) is 2. The Kier molecular flexibility index (Phi) is 7.15. The number of sulfone groups is 1. The molecule has 2 heterocycles. The SMILES string of the molecule is CC(C)OC(=O)N1CCC([C@@H](C)Oc2cnc(-c3ccc(S(C)(=O)=O)cc3)cn2)CC1. The van der Waals surface area contributed by atoms with Gasteiger partial charge in [-0.1, -0.05) is 12.1 Å². The minimum atomic E-state index is -3.23. The molecule has 168 valence electrons. The van der Waals surface area contributed by atoms with Crippen LogP contribution in [0.1, 0.15) is 33.6 Å². The van der Waals surface area contributed by atoms with Gasteiger partial charge in [0.05, 0.1) is 29.1 Å². The van der Waals surface area contributed by atoms with Crippen LogP contribution in [0.4, 0.5) is 4.79 Å². The van der Waals surface area contributed by atoms with Crippen molar-refractivity contribution in [2.75, 3.05) is 19.3 Å². The van der Waals surface area contributed by atoms with Crippen molar-refractivity contribution in [3.8, 4) is 17.1 Å². The van der Waals surface area contributed by atoms with Crippen molar-refractivity contribution in [1.82, 2.24) is 14.9 Å². The highest BCUT2D eigenvalue weighted by atomic mass is 32.2. The summed E-state index contributed by atoms with van der Waals surface area (Å²) in [4.78, 5) is 22.8. The van der Waals surface area contributed by atoms with Gasteiger partial charge in [-0.2, -0.15) is 0 Å². The van der Waals surface area contributed by atoms with Gasteiger partial charge in [0.25, 0.3) is 0 Å². The molecule has 0 radical (unpaired) electrons. The summed E-state index contributed by atoms with van der Waals surface area (Å²) in [5.74, 6) is 0.749. The number of carbonyl (C=O) groups is 1. The molecule has 1 aliphatic rings. The lowest BCUT2D eigenvalue weighted by Crippen LogP contribution is -2.42. The number of benzene rings is 1. The zero-order chi connectivity index (χ0) is 22.6. The van der Waals surface area contributed by atoms with Crippen molar-refractivity contribution in [3.63, 3.8) is 0 Å². The van der Waals surface area contributed by atoms with Gasteiger partial charge < -0.3 is 14.4 Å². The highest BCUT2D eigenvalue weighted by molar-refractivity contribution is 7.90. The maximum absolute atomic E-state index is 12.0. The molecule has 0 bridgehead atoms. The molecule has 0 saturated carbocycles. The van der Waals surface area contributed by atoms with Crippen molar-refractivity contribution in [1.29, 1.82) is 0 Å². The molecule has 1 fully saturated rings. The Hall–Kier alpha value is -2.68. The van der Waals surface area contributed by atoms with Crippen LogP contribution in [0.2, 0.25) is 0 Å². The van der Waals surface area contributed by atoms with Crippen LogP contribution < -0.4 is 4.74 Å². The third kappa shape index (κ3) is 6.16. The van der Waals surface area contributed by atoms with Gasteiger partial charge in [0.15, 0.2) is 9.84 Å². The van der Waals surface area contributed by atoms with Gasteiger partial charge in [-0.15, -0.1) is 0 Å². The molecule has 1 aliphatic heterocycles. The number of carbonyl (C=O) groups excluding carboxylic acids is 1. The number of aromatic nitrogens is 2. The monoisotopic (exact) mass is 447 g/mol. The average Bonchev–Trinajstić information content (AvgIpc) is 2.73. The van der Waals surface area contributed by atoms with E-state index in [0.29, 0.717) is 30.6 Å². The van der Waals surface area contributed by atoms with Gasteiger partial charge >= 0.3 is 6.09 Å². The summed E-state index contributed by atoms with van der Waals surface area (Å²) in [7, 11) is -3.23. The van der Waals surface area contributed by atoms with Gasteiger partial charge in [0, 0.05) is 24.9 Å². The minimum absolute atomic E-state index is 0.0579. The largest absolute Gasteiger partial charge is 0.473 e. The van der Waals surface area contributed by atoms with Crippen LogP contribution in [0.15, 0.2) is 41.6 Å². The van der Waals surface area contributed by atoms with Crippen LogP contribution in [0, 0.1) is 5.92 Å². The fourth-order valence-corrected chi connectivity index (χ4v) is 4.14. The van der Waals surface area contributed by atoms with E-state index in [4.69, 9.17) is 9.47 Å². The number of nitrogens with zero attached hydrogens (tertiary/aromatic N) is 3. The van der Waals surface area contributed by atoms with Crippen molar-refractivity contribution < 1.29 is 22.7 Å². The smallest absolute Gasteiger partial charge is 0.410 e. The fourth-order valence-electron chi connectivity index (χ4n) is 3.51. The second-order valence-electron chi connectivity index (χ2n) is 8.12. The first kappa shape index (κ1) is 23.0. The number of piperidine rings is 1. The summed E-state index contributed by atoms with van der Waals surface area (Å²) in [6, 6.07) is 6.54. The van der Waals surface area contributed by atoms with Crippen LogP contribution in [0.5, 0.6) is 5.88 Å². The molecule has 3 rings (SSSR count). The molecule has 1 aromatic carbocycles. The van der Waals surface area contributed by atoms with Crippen molar-refractivity contribution in [2.45, 2.75) is 50.7 Å². The molecule has 1 aromatic heterocycles. The third-order valence-electron chi connectivity index (χ3n) is 5.31. The molecule has 1 amide bonds. The molecule has 1 saturated heterocycles. The Morgan fingerprint density at radius 2 is 1.71 bits per heavy atom. The molecule has 0 N–H and O–H groups in total. The quantitative estimate of drug-likeness (QED) is 0.667. The summed E-state index contributed by atoms with van der Waals surface area (Å²) in [5.41, 5.74) is 1.41. The topological polar surface area (TPSA) is 98.7 Å². The lowest BCUT2D eigenvalue weighted by Gasteiger charge is -2.34. The maximum Gasteiger partial charge on any atom is 0.410 e. The summed E-state index contributed by atoms with van der Waals surface area (Å²) >= 11 is 0. The Labute approximate surface area is 183 Å². The Bertz CT molecular complexity index is 983. The van der Waals surface area contributed by atoms with Gasteiger partial charge in [0.2, 0.25) is 5.88 Å². The first-order chi connectivity index (χ1) is 14.6. The van der Waals surface area contributed by atoms with Crippen LogP contribution in [0.3, 0.4) is 0 Å². The average molecular weight is 448 g/mol. The highest BCUT2D eigenvalue weighted by Gasteiger charge is 2.28. The van der Waals surface area contributed by atoms with E-state index in [1.54, 1.807) is 41.6 Å². The number of likely N-dealkylation sites (tertiary alicyclic amines) is 1. The molecule has 31 heavy (non-hydrogen) atoms. The Morgan fingerprint density at radius 3 is 2.23 bits per heavy atom. The van der Waals surface area contributed by atoms with E-state index in [1.165, 1.54) is 6.26 Å². The molecular formula is C22H29N3O5S. The van der Waals surface area contributed by atoms with E-state index in [0.717, 1.165) is 18.4 Å². The van der Waals surface area contributed by atoms with Gasteiger partial charge in [-0.25, -0.2) is 23.2 Å². The number of amides is 1. The van der Waals surface area contributed by atoms with Gasteiger partial charge in [-0.3, -0.25) is 0 Å². The fraction of sp³-hybridized carbons (Fsp3) is 0.500. The molecule has 0 spiro atoms. The van der Waals surface area contributed by atoms with Gasteiger partial charge in [-0.05, 0) is 51.7 Å². The standard InChI is InChI=1S/C22H29N3O5S/c1-15(2)29-22(26)25-11-9-17(10-12-25)16(3)30-21-14-23-20(13-24-21)18-5-7-19(8-6-18)31(4,27)28/h5-8,13-17H,9-12H2,1-4H3/t16-/m1/s1. The lowest BCUT2D eigenvalue weighted by atomic mass is 9.92. The van der Waals surface area contributed by atoms with Crippen molar-refractivity contribution >= 4 is 15.9 Å². The lowest BCUT2D eigenvalue weighted by molar-refractivity contribution is 0.0485. The second kappa shape index (κ2) is 9.64. The van der Waals surface area contributed by atoms with E-state index in [2.05, 4.69) is 9.97 Å². The molecule has 0 aliphatic carbocycles. The second-order valence-corrected chi connectivity index (χ2v) is 10.1. The van der Waals surface area contributed by atoms with Crippen LogP contribution in [-0.2, 0) is 14.6 Å². The van der Waals surface area contributed by atoms with Crippen LogP contribution >= 0.6 is 0 Å². The predicted molar refractivity (Wildman–Crippen MR) is 117 cm³/mol. The zero-order valence-electron chi connectivity index (χ0n) is 18.3. The Balaban J connectivity index is 1.55. The molecule has 8 nitrogen and oxygen atoms in total. The predicted octanol–water partition coefficient (Wildman–Crippen LogP) is 3.57. The molecular weight excluding hydrogens is 418 g/mol. The minimum Gasteiger partial charge on any atom is -0.473 e. The maximum atomic E-state index is 12.0. The summed E-state index contributed by atoms with van der Waals surface area (Å²) < 4.78 is 34.4. The van der Waals surface area contributed by atoms with Crippen molar-refractivity contribution in [3.05, 3.63) is 36.7 Å². The highest BCUT2D eigenvalue weighted by Crippen LogP contribution is 2.25. The van der Waals surface area contributed by atoms with Crippen LogP contribution in [-0.4, -0.2) is 60.9 Å². The summed E-state index contributed by atoms with van der Waals surface area (Å²) in [6.45, 7) is 7.00. The van der Waals surface area contributed by atoms with E-state index in [-0.39, 0.29) is 23.2 Å². The summed E-state index contributed by atoms with van der Waals surface area (Å²) in [6.07, 6.45) is 5.61. The van der Waals surface area contributed by atoms with E-state index < -0.39 is 9.84 Å². The first-order valence-corrected chi connectivity index (χ1v) is 12.3. The normalized spacial score (nSPS) is 16.2.